The first-order chi connectivity index (χ1) is 13.6. The minimum Gasteiger partial charge on any atom is -0.402 e. The Morgan fingerprint density at radius 1 is 0.613 bits per heavy atom. The molecule has 1 aromatic carbocycles. The van der Waals surface area contributed by atoms with Gasteiger partial charge in [0.05, 0.1) is 5.56 Å². The van der Waals surface area contributed by atoms with Gasteiger partial charge in [0.25, 0.3) is 0 Å². The maximum absolute atomic E-state index is 12.8. The first-order valence-electron chi connectivity index (χ1n) is 7.59. The molecular formula is C14H11F12NO4. The van der Waals surface area contributed by atoms with E-state index in [9.17, 15) is 52.7 Å². The molecule has 0 radical (unpaired) electrons. The van der Waals surface area contributed by atoms with Crippen LogP contribution in [0.5, 0.6) is 23.0 Å². The number of benzene rings is 1. The molecule has 1 atom stereocenters. The molecule has 0 spiro atoms. The highest BCUT2D eigenvalue weighted by molar-refractivity contribution is 5.63. The summed E-state index contributed by atoms with van der Waals surface area (Å²) in [6.45, 7) is 2.17. The van der Waals surface area contributed by atoms with Crippen molar-refractivity contribution in [1.82, 2.24) is 0 Å². The van der Waals surface area contributed by atoms with Crippen molar-refractivity contribution in [3.05, 3.63) is 11.6 Å². The Balaban J connectivity index is 4.06. The van der Waals surface area contributed by atoms with Crippen molar-refractivity contribution < 1.29 is 71.6 Å². The Morgan fingerprint density at radius 3 is 1.13 bits per heavy atom. The van der Waals surface area contributed by atoms with Gasteiger partial charge in [0.2, 0.25) is 0 Å². The van der Waals surface area contributed by atoms with E-state index in [0.29, 0.717) is 0 Å². The zero-order valence-electron chi connectivity index (χ0n) is 15.0. The maximum atomic E-state index is 12.8. The summed E-state index contributed by atoms with van der Waals surface area (Å²) >= 11 is 0. The van der Waals surface area contributed by atoms with Crippen LogP contribution in [0.4, 0.5) is 52.7 Å². The van der Waals surface area contributed by atoms with E-state index >= 15 is 0 Å². The lowest BCUT2D eigenvalue weighted by Crippen LogP contribution is -2.28. The predicted molar refractivity (Wildman–Crippen MR) is 74.9 cm³/mol. The van der Waals surface area contributed by atoms with Gasteiger partial charge in [-0.25, -0.2) is 0 Å². The minimum absolute atomic E-state index is 0.556. The van der Waals surface area contributed by atoms with Crippen LogP contribution in [0, 0.1) is 5.92 Å². The molecule has 0 fully saturated rings. The summed E-state index contributed by atoms with van der Waals surface area (Å²) in [7, 11) is 0. The van der Waals surface area contributed by atoms with Gasteiger partial charge in [-0.1, -0.05) is 13.8 Å². The average molecular weight is 485 g/mol. The van der Waals surface area contributed by atoms with Crippen molar-refractivity contribution in [1.29, 1.82) is 0 Å². The molecule has 0 aliphatic rings. The number of hydrogen-bond acceptors (Lipinski definition) is 5. The molecule has 0 aliphatic carbocycles. The van der Waals surface area contributed by atoms with Crippen LogP contribution >= 0.6 is 0 Å². The van der Waals surface area contributed by atoms with Crippen LogP contribution in [0.15, 0.2) is 6.07 Å². The zero-order valence-corrected chi connectivity index (χ0v) is 15.0. The molecule has 0 saturated heterocycles. The highest BCUT2D eigenvalue weighted by Crippen LogP contribution is 2.53. The van der Waals surface area contributed by atoms with E-state index in [4.69, 9.17) is 5.73 Å². The Bertz CT molecular complexity index is 713. The summed E-state index contributed by atoms with van der Waals surface area (Å²) in [5.41, 5.74) is 3.81. The second kappa shape index (κ2) is 8.58. The van der Waals surface area contributed by atoms with E-state index in [2.05, 4.69) is 18.9 Å². The van der Waals surface area contributed by atoms with Gasteiger partial charge in [-0.15, -0.1) is 52.7 Å². The van der Waals surface area contributed by atoms with Crippen molar-refractivity contribution in [2.45, 2.75) is 45.3 Å². The van der Waals surface area contributed by atoms with E-state index in [1.54, 1.807) is 0 Å². The first-order valence-corrected chi connectivity index (χ1v) is 7.59. The third-order valence-corrected chi connectivity index (χ3v) is 3.14. The second-order valence-electron chi connectivity index (χ2n) is 5.91. The summed E-state index contributed by atoms with van der Waals surface area (Å²) in [5.74, 6) is -9.56. The lowest BCUT2D eigenvalue weighted by Gasteiger charge is -2.27. The third kappa shape index (κ3) is 8.66. The molecule has 0 saturated carbocycles. The monoisotopic (exact) mass is 485 g/mol. The van der Waals surface area contributed by atoms with E-state index < -0.39 is 72.0 Å². The van der Waals surface area contributed by atoms with Crippen molar-refractivity contribution in [2.24, 2.45) is 11.7 Å². The molecule has 0 amide bonds. The van der Waals surface area contributed by atoms with Crippen molar-refractivity contribution >= 4 is 0 Å². The quantitative estimate of drug-likeness (QED) is 0.506. The number of rotatable bonds is 6. The molecule has 1 unspecified atom stereocenters. The SMILES string of the molecule is CC(C)C(N)c1c(OC(F)(F)F)c(OC(F)(F)F)cc(OC(F)(F)F)c1OC(F)(F)F. The van der Waals surface area contributed by atoms with Crippen LogP contribution in [0.1, 0.15) is 25.5 Å². The van der Waals surface area contributed by atoms with Crippen molar-refractivity contribution in [2.75, 3.05) is 0 Å². The summed E-state index contributed by atoms with van der Waals surface area (Å²) in [4.78, 5) is 0. The Morgan fingerprint density at radius 2 is 0.903 bits per heavy atom. The lowest BCUT2D eigenvalue weighted by atomic mass is 9.94. The fourth-order valence-corrected chi connectivity index (χ4v) is 2.10. The molecule has 1 rings (SSSR count). The molecule has 17 heteroatoms. The number of alkyl halides is 12. The van der Waals surface area contributed by atoms with Gasteiger partial charge in [-0.2, -0.15) is 0 Å². The fraction of sp³-hybridized carbons (Fsp3) is 0.571. The van der Waals surface area contributed by atoms with Gasteiger partial charge in [0.1, 0.15) is 0 Å². The molecule has 1 aromatic rings. The topological polar surface area (TPSA) is 62.9 Å². The third-order valence-electron chi connectivity index (χ3n) is 3.14. The highest BCUT2D eigenvalue weighted by atomic mass is 19.4. The van der Waals surface area contributed by atoms with Crippen molar-refractivity contribution in [3.63, 3.8) is 0 Å². The summed E-state index contributed by atoms with van der Waals surface area (Å²) in [6, 6.07) is -2.62. The standard InChI is InChI=1S/C14H11F12NO4/c1-4(2)8(27)7-9(30-13(21,22)23)5(28-11(15,16)17)3-6(29-12(18,19)20)10(7)31-14(24,25)26/h3-4,8H,27H2,1-2H3. The predicted octanol–water partition coefficient (Wildman–Crippen LogP) is 5.94. The first kappa shape index (κ1) is 26.6. The van der Waals surface area contributed by atoms with Gasteiger partial charge in [0, 0.05) is 12.1 Å². The smallest absolute Gasteiger partial charge is 0.402 e. The van der Waals surface area contributed by atoms with E-state index in [0.717, 1.165) is 13.8 Å². The molecule has 180 valence electrons. The van der Waals surface area contributed by atoms with Gasteiger partial charge in [-0.05, 0) is 5.92 Å². The lowest BCUT2D eigenvalue weighted by molar-refractivity contribution is -0.291. The van der Waals surface area contributed by atoms with E-state index in [1.165, 1.54) is 0 Å². The van der Waals surface area contributed by atoms with Crippen LogP contribution in [0.3, 0.4) is 0 Å². The van der Waals surface area contributed by atoms with Gasteiger partial charge in [0.15, 0.2) is 23.0 Å². The molecule has 5 nitrogen and oxygen atoms in total. The van der Waals surface area contributed by atoms with E-state index in [-0.39, 0.29) is 0 Å². The Labute approximate surface area is 164 Å². The van der Waals surface area contributed by atoms with E-state index in [1.807, 2.05) is 0 Å². The van der Waals surface area contributed by atoms with Gasteiger partial charge >= 0.3 is 25.4 Å². The Kier molecular flexibility index (Phi) is 7.36. The molecule has 0 aromatic heterocycles. The van der Waals surface area contributed by atoms with Crippen LogP contribution in [-0.4, -0.2) is 25.4 Å². The van der Waals surface area contributed by atoms with Crippen molar-refractivity contribution in [3.8, 4) is 23.0 Å². The number of halogens is 12. The van der Waals surface area contributed by atoms with Crippen LogP contribution in [-0.2, 0) is 0 Å². The van der Waals surface area contributed by atoms with Crippen LogP contribution in [0.2, 0.25) is 0 Å². The van der Waals surface area contributed by atoms with Gasteiger partial charge in [-0.3, -0.25) is 0 Å². The van der Waals surface area contributed by atoms with Gasteiger partial charge < -0.3 is 24.7 Å². The molecule has 0 aliphatic heterocycles. The zero-order chi connectivity index (χ0) is 24.6. The summed E-state index contributed by atoms with van der Waals surface area (Å²) < 4.78 is 165. The second-order valence-corrected chi connectivity index (χ2v) is 5.91. The molecule has 0 heterocycles. The van der Waals surface area contributed by atoms with Crippen LogP contribution < -0.4 is 24.7 Å². The number of hydrogen-bond donors (Lipinski definition) is 1. The molecular weight excluding hydrogens is 474 g/mol. The molecule has 31 heavy (non-hydrogen) atoms. The highest BCUT2D eigenvalue weighted by Gasteiger charge is 2.45. The minimum atomic E-state index is -5.82. The molecule has 0 bridgehead atoms. The molecule has 2 N–H and O–H groups in total. The fourth-order valence-electron chi connectivity index (χ4n) is 2.10. The normalized spacial score (nSPS) is 14.5. The van der Waals surface area contributed by atoms with Crippen LogP contribution in [0.25, 0.3) is 0 Å². The number of nitrogens with two attached hydrogens (primary N) is 1. The number of ether oxygens (including phenoxy) is 4. The summed E-state index contributed by atoms with van der Waals surface area (Å²) in [5, 5.41) is 0. The largest absolute Gasteiger partial charge is 0.573 e. The maximum Gasteiger partial charge on any atom is 0.573 e. The average Bonchev–Trinajstić information content (AvgIpc) is 2.45. The summed E-state index contributed by atoms with van der Waals surface area (Å²) in [6.07, 6.45) is -23.2. The Hall–Kier alpha value is -2.46.